The van der Waals surface area contributed by atoms with Crippen LogP contribution in [-0.4, -0.2) is 11.2 Å². The Morgan fingerprint density at radius 1 is 1.06 bits per heavy atom. The fraction of sp³-hybridized carbons (Fsp3) is 0.125. The molecular weight excluding hydrogens is 227 g/mol. The Balaban J connectivity index is 2.29. The second kappa shape index (κ2) is 5.48. The van der Waals surface area contributed by atoms with Crippen molar-refractivity contribution in [2.24, 2.45) is 0 Å². The third-order valence-electron chi connectivity index (χ3n) is 2.50. The Morgan fingerprint density at radius 3 is 2.33 bits per heavy atom. The van der Waals surface area contributed by atoms with Gasteiger partial charge in [0.05, 0.1) is 0 Å². The van der Waals surface area contributed by atoms with E-state index in [4.69, 9.17) is 5.11 Å². The molecule has 0 amide bonds. The fourth-order valence-electron chi connectivity index (χ4n) is 1.62. The molecule has 18 heavy (non-hydrogen) atoms. The number of aliphatic hydroxyl groups excluding tert-OH is 1. The number of rotatable bonds is 1. The van der Waals surface area contributed by atoms with Gasteiger partial charge in [0.25, 0.3) is 0 Å². The lowest BCUT2D eigenvalue weighted by molar-refractivity contribution is 0.253. The maximum Gasteiger partial charge on any atom is 0.131 e. The zero-order valence-electron chi connectivity index (χ0n) is 10.0. The summed E-state index contributed by atoms with van der Waals surface area (Å²) in [5.41, 5.74) is 2.19. The summed E-state index contributed by atoms with van der Waals surface area (Å²) >= 11 is 0. The second-order valence-electron chi connectivity index (χ2n) is 4.00. The smallest absolute Gasteiger partial charge is 0.131 e. The summed E-state index contributed by atoms with van der Waals surface area (Å²) in [7, 11) is 0. The van der Waals surface area contributed by atoms with Crippen molar-refractivity contribution < 1.29 is 9.50 Å². The van der Waals surface area contributed by atoms with Crippen LogP contribution >= 0.6 is 0 Å². The lowest BCUT2D eigenvalue weighted by Gasteiger charge is -2.03. The quantitative estimate of drug-likeness (QED) is 0.759. The number of halogens is 1. The molecule has 2 aromatic rings. The maximum atomic E-state index is 13.6. The van der Waals surface area contributed by atoms with Crippen molar-refractivity contribution in [1.82, 2.24) is 0 Å². The number of aliphatic hydroxyl groups is 1. The Kier molecular flexibility index (Phi) is 3.76. The lowest BCUT2D eigenvalue weighted by atomic mass is 10.0. The van der Waals surface area contributed by atoms with Crippen molar-refractivity contribution in [3.05, 3.63) is 59.9 Å². The molecular formula is C16H13FO. The summed E-state index contributed by atoms with van der Waals surface area (Å²) in [6, 6.07) is 13.9. The van der Waals surface area contributed by atoms with Crippen LogP contribution in [0.25, 0.3) is 11.1 Å². The molecule has 0 aliphatic rings. The molecule has 0 saturated carbocycles. The van der Waals surface area contributed by atoms with Gasteiger partial charge < -0.3 is 5.11 Å². The highest BCUT2D eigenvalue weighted by Crippen LogP contribution is 2.22. The highest BCUT2D eigenvalue weighted by molar-refractivity contribution is 5.64. The van der Waals surface area contributed by atoms with Crippen LogP contribution in [0.4, 0.5) is 4.39 Å². The van der Waals surface area contributed by atoms with E-state index in [-0.39, 0.29) is 5.82 Å². The van der Waals surface area contributed by atoms with E-state index in [0.29, 0.717) is 5.56 Å². The van der Waals surface area contributed by atoms with Crippen molar-refractivity contribution >= 4 is 0 Å². The van der Waals surface area contributed by atoms with Gasteiger partial charge in [0, 0.05) is 11.1 Å². The van der Waals surface area contributed by atoms with Crippen molar-refractivity contribution in [2.75, 3.05) is 0 Å². The van der Waals surface area contributed by atoms with Crippen LogP contribution in [0, 0.1) is 17.7 Å². The van der Waals surface area contributed by atoms with E-state index in [0.717, 1.165) is 11.1 Å². The standard InChI is InChI=1S/C16H13FO/c1-12(18)6-7-13-8-10-14(11-9-13)15-4-2-3-5-16(15)17/h2-5,8-12,18H,1H3. The van der Waals surface area contributed by atoms with Gasteiger partial charge in [-0.3, -0.25) is 0 Å². The summed E-state index contributed by atoms with van der Waals surface area (Å²) < 4.78 is 13.6. The van der Waals surface area contributed by atoms with E-state index in [1.807, 2.05) is 24.3 Å². The third-order valence-corrected chi connectivity index (χ3v) is 2.50. The molecule has 0 spiro atoms. The Hall–Kier alpha value is -2.11. The zero-order valence-corrected chi connectivity index (χ0v) is 10.0. The van der Waals surface area contributed by atoms with E-state index < -0.39 is 6.10 Å². The SMILES string of the molecule is CC(O)C#Cc1ccc(-c2ccccc2F)cc1. The molecule has 0 radical (unpaired) electrons. The highest BCUT2D eigenvalue weighted by Gasteiger charge is 2.02. The molecule has 0 saturated heterocycles. The molecule has 0 heterocycles. The number of hydrogen-bond acceptors (Lipinski definition) is 1. The molecule has 1 nitrogen and oxygen atoms in total. The predicted octanol–water partition coefficient (Wildman–Crippen LogP) is 3.23. The molecule has 0 aromatic heterocycles. The number of benzene rings is 2. The molecule has 1 atom stereocenters. The first-order valence-corrected chi connectivity index (χ1v) is 5.71. The summed E-state index contributed by atoms with van der Waals surface area (Å²) in [5.74, 6) is 5.27. The fourth-order valence-corrected chi connectivity index (χ4v) is 1.62. The Labute approximate surface area is 106 Å². The van der Waals surface area contributed by atoms with Gasteiger partial charge in [0.2, 0.25) is 0 Å². The van der Waals surface area contributed by atoms with Gasteiger partial charge in [0.1, 0.15) is 11.9 Å². The molecule has 0 aliphatic carbocycles. The highest BCUT2D eigenvalue weighted by atomic mass is 19.1. The van der Waals surface area contributed by atoms with Gasteiger partial charge in [-0.05, 0) is 30.7 Å². The van der Waals surface area contributed by atoms with Gasteiger partial charge in [-0.1, -0.05) is 42.2 Å². The van der Waals surface area contributed by atoms with E-state index in [2.05, 4.69) is 11.8 Å². The molecule has 2 rings (SSSR count). The van der Waals surface area contributed by atoms with Crippen LogP contribution in [0.5, 0.6) is 0 Å². The van der Waals surface area contributed by atoms with E-state index in [9.17, 15) is 4.39 Å². The van der Waals surface area contributed by atoms with Crippen LogP contribution in [0.15, 0.2) is 48.5 Å². The van der Waals surface area contributed by atoms with E-state index >= 15 is 0 Å². The normalized spacial score (nSPS) is 11.5. The first kappa shape index (κ1) is 12.3. The van der Waals surface area contributed by atoms with Crippen LogP contribution in [0.1, 0.15) is 12.5 Å². The minimum Gasteiger partial charge on any atom is -0.381 e. The Morgan fingerprint density at radius 2 is 1.72 bits per heavy atom. The van der Waals surface area contributed by atoms with Gasteiger partial charge in [-0.2, -0.15) is 0 Å². The predicted molar refractivity (Wildman–Crippen MR) is 70.4 cm³/mol. The second-order valence-corrected chi connectivity index (χ2v) is 4.00. The average molecular weight is 240 g/mol. The van der Waals surface area contributed by atoms with Crippen molar-refractivity contribution in [2.45, 2.75) is 13.0 Å². The summed E-state index contributed by atoms with van der Waals surface area (Å²) in [4.78, 5) is 0. The molecule has 0 fully saturated rings. The average Bonchev–Trinajstić information content (AvgIpc) is 2.38. The molecule has 0 aliphatic heterocycles. The van der Waals surface area contributed by atoms with Crippen LogP contribution < -0.4 is 0 Å². The zero-order chi connectivity index (χ0) is 13.0. The van der Waals surface area contributed by atoms with Crippen molar-refractivity contribution in [1.29, 1.82) is 0 Å². The molecule has 0 bridgehead atoms. The minimum atomic E-state index is -0.642. The lowest BCUT2D eigenvalue weighted by Crippen LogP contribution is -1.92. The minimum absolute atomic E-state index is 0.236. The van der Waals surface area contributed by atoms with Crippen LogP contribution in [0.3, 0.4) is 0 Å². The number of hydrogen-bond donors (Lipinski definition) is 1. The van der Waals surface area contributed by atoms with Crippen LogP contribution in [-0.2, 0) is 0 Å². The first-order valence-electron chi connectivity index (χ1n) is 5.71. The van der Waals surface area contributed by atoms with Gasteiger partial charge in [-0.25, -0.2) is 4.39 Å². The van der Waals surface area contributed by atoms with E-state index in [1.165, 1.54) is 6.07 Å². The molecule has 1 N–H and O–H groups in total. The van der Waals surface area contributed by atoms with Crippen molar-refractivity contribution in [3.8, 4) is 23.0 Å². The molecule has 2 aromatic carbocycles. The summed E-state index contributed by atoms with van der Waals surface area (Å²) in [6.07, 6.45) is -0.642. The van der Waals surface area contributed by atoms with Gasteiger partial charge >= 0.3 is 0 Å². The molecule has 2 heteroatoms. The third kappa shape index (κ3) is 2.97. The van der Waals surface area contributed by atoms with Gasteiger partial charge in [-0.15, -0.1) is 0 Å². The first-order chi connectivity index (χ1) is 8.66. The van der Waals surface area contributed by atoms with E-state index in [1.54, 1.807) is 25.1 Å². The monoisotopic (exact) mass is 240 g/mol. The summed E-state index contributed by atoms with van der Waals surface area (Å²) in [6.45, 7) is 1.61. The molecule has 90 valence electrons. The maximum absolute atomic E-state index is 13.6. The Bertz CT molecular complexity index is 588. The topological polar surface area (TPSA) is 20.2 Å². The summed E-state index contributed by atoms with van der Waals surface area (Å²) in [5, 5.41) is 9.06. The largest absolute Gasteiger partial charge is 0.381 e. The molecule has 1 unspecified atom stereocenters. The van der Waals surface area contributed by atoms with Crippen LogP contribution in [0.2, 0.25) is 0 Å². The van der Waals surface area contributed by atoms with Crippen molar-refractivity contribution in [3.63, 3.8) is 0 Å². The van der Waals surface area contributed by atoms with Gasteiger partial charge in [0.15, 0.2) is 0 Å².